The Bertz CT molecular complexity index is 633. The van der Waals surface area contributed by atoms with Crippen LogP contribution in [0.5, 0.6) is 0 Å². The highest BCUT2D eigenvalue weighted by atomic mass is 35.5. The first kappa shape index (κ1) is 20.9. The summed E-state index contributed by atoms with van der Waals surface area (Å²) in [4.78, 5) is 12.4. The maximum Gasteiger partial charge on any atom is 0.252 e. The summed E-state index contributed by atoms with van der Waals surface area (Å²) in [7, 11) is -1.85. The van der Waals surface area contributed by atoms with Crippen molar-refractivity contribution in [2.75, 3.05) is 46.4 Å². The Balaban J connectivity index is 0.00000288. The van der Waals surface area contributed by atoms with E-state index >= 15 is 0 Å². The molecule has 0 bridgehead atoms. The van der Waals surface area contributed by atoms with Crippen molar-refractivity contribution < 1.29 is 17.9 Å². The summed E-state index contributed by atoms with van der Waals surface area (Å²) in [6.07, 6.45) is 0.778. The number of nitrogens with zero attached hydrogens (tertiary/aromatic N) is 1. The van der Waals surface area contributed by atoms with Gasteiger partial charge in [0.25, 0.3) is 5.91 Å². The quantitative estimate of drug-likeness (QED) is 0.674. The van der Waals surface area contributed by atoms with E-state index in [4.69, 9.17) is 4.74 Å². The molecule has 0 aromatic heterocycles. The van der Waals surface area contributed by atoms with Crippen molar-refractivity contribution in [1.82, 2.24) is 14.9 Å². The van der Waals surface area contributed by atoms with Gasteiger partial charge in [0.1, 0.15) is 0 Å². The molecule has 1 heterocycles. The summed E-state index contributed by atoms with van der Waals surface area (Å²) in [5.74, 6) is -0.367. The smallest absolute Gasteiger partial charge is 0.252 e. The van der Waals surface area contributed by atoms with Crippen LogP contribution in [0.1, 0.15) is 16.8 Å². The van der Waals surface area contributed by atoms with E-state index in [9.17, 15) is 13.2 Å². The summed E-state index contributed by atoms with van der Waals surface area (Å²) in [5.41, 5.74) is 0.184. The van der Waals surface area contributed by atoms with Crippen LogP contribution in [0.4, 0.5) is 0 Å². The first-order chi connectivity index (χ1) is 11.1. The standard InChI is InChI=1S/C15H23N3O4S.ClH/c1-16-7-4-8-17-15(19)13-5-2-3-6-14(13)23(20,21)18-9-11-22-12-10-18;/h2-3,5-6,16H,4,7-12H2,1H3,(H,17,19);1H. The van der Waals surface area contributed by atoms with E-state index in [1.54, 1.807) is 18.2 Å². The van der Waals surface area contributed by atoms with Crippen LogP contribution in [0.15, 0.2) is 29.2 Å². The number of carbonyl (C=O) groups excluding carboxylic acids is 1. The number of carbonyl (C=O) groups is 1. The molecule has 2 rings (SSSR count). The van der Waals surface area contributed by atoms with Crippen LogP contribution >= 0.6 is 12.4 Å². The van der Waals surface area contributed by atoms with Gasteiger partial charge in [-0.3, -0.25) is 4.79 Å². The van der Waals surface area contributed by atoms with Crippen molar-refractivity contribution in [2.45, 2.75) is 11.3 Å². The van der Waals surface area contributed by atoms with Crippen molar-refractivity contribution in [3.63, 3.8) is 0 Å². The zero-order valence-electron chi connectivity index (χ0n) is 13.7. The highest BCUT2D eigenvalue weighted by Crippen LogP contribution is 2.21. The fourth-order valence-corrected chi connectivity index (χ4v) is 3.96. The second-order valence-corrected chi connectivity index (χ2v) is 7.13. The molecule has 24 heavy (non-hydrogen) atoms. The van der Waals surface area contributed by atoms with Crippen LogP contribution < -0.4 is 10.6 Å². The van der Waals surface area contributed by atoms with Crippen LogP contribution in [-0.2, 0) is 14.8 Å². The molecule has 0 unspecified atom stereocenters. The van der Waals surface area contributed by atoms with Gasteiger partial charge in [0, 0.05) is 19.6 Å². The molecule has 0 aliphatic carbocycles. The number of ether oxygens (including phenoxy) is 1. The summed E-state index contributed by atoms with van der Waals surface area (Å²) in [6.45, 7) is 2.63. The SMILES string of the molecule is CNCCCNC(=O)c1ccccc1S(=O)(=O)N1CCOCC1.Cl. The largest absolute Gasteiger partial charge is 0.379 e. The number of benzene rings is 1. The molecule has 0 saturated carbocycles. The molecule has 1 amide bonds. The predicted octanol–water partition coefficient (Wildman–Crippen LogP) is 0.469. The van der Waals surface area contributed by atoms with E-state index in [1.807, 2.05) is 7.05 Å². The number of morpholine rings is 1. The van der Waals surface area contributed by atoms with Crippen LogP contribution in [0, 0.1) is 0 Å². The highest BCUT2D eigenvalue weighted by molar-refractivity contribution is 7.89. The van der Waals surface area contributed by atoms with Gasteiger partial charge in [-0.15, -0.1) is 12.4 Å². The van der Waals surface area contributed by atoms with Gasteiger partial charge in [-0.25, -0.2) is 8.42 Å². The Morgan fingerprint density at radius 1 is 1.21 bits per heavy atom. The average Bonchev–Trinajstić information content (AvgIpc) is 2.59. The summed E-state index contributed by atoms with van der Waals surface area (Å²) < 4.78 is 32.1. The van der Waals surface area contributed by atoms with E-state index < -0.39 is 10.0 Å². The van der Waals surface area contributed by atoms with Gasteiger partial charge in [0.15, 0.2) is 0 Å². The van der Waals surface area contributed by atoms with Crippen LogP contribution in [0.3, 0.4) is 0 Å². The van der Waals surface area contributed by atoms with Gasteiger partial charge in [-0.05, 0) is 32.1 Å². The lowest BCUT2D eigenvalue weighted by atomic mass is 10.2. The Morgan fingerprint density at radius 3 is 2.54 bits per heavy atom. The van der Waals surface area contributed by atoms with Gasteiger partial charge < -0.3 is 15.4 Å². The molecular weight excluding hydrogens is 354 g/mol. The number of nitrogens with one attached hydrogen (secondary N) is 2. The van der Waals surface area contributed by atoms with E-state index in [-0.39, 0.29) is 28.8 Å². The zero-order valence-corrected chi connectivity index (χ0v) is 15.3. The lowest BCUT2D eigenvalue weighted by Crippen LogP contribution is -2.41. The van der Waals surface area contributed by atoms with Crippen molar-refractivity contribution in [1.29, 1.82) is 0 Å². The summed E-state index contributed by atoms with van der Waals surface area (Å²) >= 11 is 0. The minimum Gasteiger partial charge on any atom is -0.379 e. The molecule has 2 N–H and O–H groups in total. The Hall–Kier alpha value is -1.19. The fourth-order valence-electron chi connectivity index (χ4n) is 2.37. The van der Waals surface area contributed by atoms with Crippen molar-refractivity contribution in [3.05, 3.63) is 29.8 Å². The third kappa shape index (κ3) is 5.15. The van der Waals surface area contributed by atoms with E-state index in [0.29, 0.717) is 32.8 Å². The van der Waals surface area contributed by atoms with Crippen molar-refractivity contribution in [3.8, 4) is 0 Å². The number of sulfonamides is 1. The third-order valence-electron chi connectivity index (χ3n) is 3.61. The van der Waals surface area contributed by atoms with E-state index in [2.05, 4.69) is 10.6 Å². The first-order valence-corrected chi connectivity index (χ1v) is 9.11. The van der Waals surface area contributed by atoms with Gasteiger partial charge in [-0.1, -0.05) is 12.1 Å². The van der Waals surface area contributed by atoms with Crippen molar-refractivity contribution >= 4 is 28.3 Å². The lowest BCUT2D eigenvalue weighted by molar-refractivity contribution is 0.0730. The monoisotopic (exact) mass is 377 g/mol. The average molecular weight is 378 g/mol. The number of hydrogen-bond acceptors (Lipinski definition) is 5. The number of amides is 1. The second-order valence-electron chi connectivity index (χ2n) is 5.23. The van der Waals surface area contributed by atoms with E-state index in [1.165, 1.54) is 10.4 Å². The number of hydrogen-bond donors (Lipinski definition) is 2. The molecule has 136 valence electrons. The van der Waals surface area contributed by atoms with Crippen LogP contribution in [-0.4, -0.2) is 65.1 Å². The van der Waals surface area contributed by atoms with Gasteiger partial charge in [-0.2, -0.15) is 4.31 Å². The first-order valence-electron chi connectivity index (χ1n) is 7.67. The summed E-state index contributed by atoms with van der Waals surface area (Å²) in [5, 5.41) is 5.76. The molecule has 1 aliphatic heterocycles. The Labute approximate surface area is 149 Å². The molecule has 1 fully saturated rings. The number of rotatable bonds is 7. The normalized spacial score (nSPS) is 15.5. The molecule has 0 radical (unpaired) electrons. The highest BCUT2D eigenvalue weighted by Gasteiger charge is 2.29. The van der Waals surface area contributed by atoms with E-state index in [0.717, 1.165) is 13.0 Å². The molecule has 1 aromatic carbocycles. The van der Waals surface area contributed by atoms with Gasteiger partial charge in [0.2, 0.25) is 10.0 Å². The fraction of sp³-hybridized carbons (Fsp3) is 0.533. The maximum atomic E-state index is 12.8. The zero-order chi connectivity index (χ0) is 16.7. The third-order valence-corrected chi connectivity index (χ3v) is 5.57. The molecule has 9 heteroatoms. The molecule has 0 atom stereocenters. The predicted molar refractivity (Wildman–Crippen MR) is 94.1 cm³/mol. The second kappa shape index (κ2) is 9.95. The van der Waals surface area contributed by atoms with Gasteiger partial charge >= 0.3 is 0 Å². The maximum absolute atomic E-state index is 12.8. The number of halogens is 1. The molecule has 1 aliphatic rings. The van der Waals surface area contributed by atoms with Gasteiger partial charge in [0.05, 0.1) is 23.7 Å². The molecule has 1 saturated heterocycles. The van der Waals surface area contributed by atoms with Crippen LogP contribution in [0.25, 0.3) is 0 Å². The molecular formula is C15H24ClN3O4S. The molecule has 1 aromatic rings. The Kier molecular flexibility index (Phi) is 8.65. The molecule has 0 spiro atoms. The minimum absolute atomic E-state index is 0. The minimum atomic E-state index is -3.69. The molecule has 7 nitrogen and oxygen atoms in total. The topological polar surface area (TPSA) is 87.7 Å². The van der Waals surface area contributed by atoms with Crippen molar-refractivity contribution in [2.24, 2.45) is 0 Å². The Morgan fingerprint density at radius 2 is 1.88 bits per heavy atom. The lowest BCUT2D eigenvalue weighted by Gasteiger charge is -2.26. The van der Waals surface area contributed by atoms with Crippen LogP contribution in [0.2, 0.25) is 0 Å². The summed E-state index contributed by atoms with van der Waals surface area (Å²) in [6, 6.07) is 6.32.